The molecule has 0 amide bonds. The molecule has 90 valence electrons. The highest BCUT2D eigenvalue weighted by atomic mass is 32.2. The predicted molar refractivity (Wildman–Crippen MR) is 66.4 cm³/mol. The maximum atomic E-state index is 10.3. The first-order valence-corrected chi connectivity index (χ1v) is 6.83. The molecule has 2 heterocycles. The van der Waals surface area contributed by atoms with Gasteiger partial charge in [-0.15, -0.1) is 0 Å². The van der Waals surface area contributed by atoms with E-state index in [0.29, 0.717) is 6.54 Å². The Morgan fingerprint density at radius 1 is 1.56 bits per heavy atom. The maximum absolute atomic E-state index is 10.3. The van der Waals surface area contributed by atoms with Gasteiger partial charge in [0.05, 0.1) is 11.3 Å². The number of nitrogens with one attached hydrogen (secondary N) is 1. The van der Waals surface area contributed by atoms with Gasteiger partial charge in [-0.3, -0.25) is 4.68 Å². The first-order valence-electron chi connectivity index (χ1n) is 5.67. The second-order valence-corrected chi connectivity index (χ2v) is 5.61. The van der Waals surface area contributed by atoms with E-state index in [4.69, 9.17) is 0 Å². The topological polar surface area (TPSA) is 50.1 Å². The second kappa shape index (κ2) is 5.21. The van der Waals surface area contributed by atoms with Crippen molar-refractivity contribution >= 4 is 11.8 Å². The third-order valence-electron chi connectivity index (χ3n) is 3.11. The van der Waals surface area contributed by atoms with E-state index >= 15 is 0 Å². The number of rotatable bonds is 4. The van der Waals surface area contributed by atoms with Gasteiger partial charge in [-0.05, 0) is 30.4 Å². The standard InChI is InChI=1S/C11H19N3OS/c1-14-10(2-5-13-14)8-12-9-11(15)3-6-16-7-4-11/h2,5,12,15H,3-4,6-9H2,1H3. The van der Waals surface area contributed by atoms with E-state index in [1.807, 2.05) is 29.6 Å². The molecule has 0 radical (unpaired) electrons. The monoisotopic (exact) mass is 241 g/mol. The van der Waals surface area contributed by atoms with E-state index in [-0.39, 0.29) is 0 Å². The summed E-state index contributed by atoms with van der Waals surface area (Å²) >= 11 is 1.93. The smallest absolute Gasteiger partial charge is 0.0787 e. The Bertz CT molecular complexity index is 334. The van der Waals surface area contributed by atoms with Crippen molar-refractivity contribution in [1.82, 2.24) is 15.1 Å². The van der Waals surface area contributed by atoms with Crippen LogP contribution in [0.25, 0.3) is 0 Å². The van der Waals surface area contributed by atoms with E-state index in [0.717, 1.165) is 36.6 Å². The number of hydrogen-bond acceptors (Lipinski definition) is 4. The molecule has 0 atom stereocenters. The molecule has 0 bridgehead atoms. The molecule has 1 saturated heterocycles. The van der Waals surface area contributed by atoms with Crippen LogP contribution in [-0.4, -0.2) is 38.5 Å². The van der Waals surface area contributed by atoms with Crippen LogP contribution in [0.4, 0.5) is 0 Å². The minimum absolute atomic E-state index is 0.496. The molecular weight excluding hydrogens is 222 g/mol. The molecule has 2 N–H and O–H groups in total. The summed E-state index contributed by atoms with van der Waals surface area (Å²) in [6, 6.07) is 1.99. The van der Waals surface area contributed by atoms with Gasteiger partial charge in [0.2, 0.25) is 0 Å². The van der Waals surface area contributed by atoms with Crippen LogP contribution in [0.3, 0.4) is 0 Å². The van der Waals surface area contributed by atoms with Crippen molar-refractivity contribution in [1.29, 1.82) is 0 Å². The van der Waals surface area contributed by atoms with Crippen LogP contribution in [-0.2, 0) is 13.6 Å². The maximum Gasteiger partial charge on any atom is 0.0787 e. The molecule has 0 spiro atoms. The molecule has 1 aromatic rings. The Labute approximate surface area is 100 Å². The summed E-state index contributed by atoms with van der Waals surface area (Å²) in [4.78, 5) is 0. The van der Waals surface area contributed by atoms with E-state index in [1.54, 1.807) is 6.20 Å². The average molecular weight is 241 g/mol. The zero-order chi connectivity index (χ0) is 11.4. The van der Waals surface area contributed by atoms with Gasteiger partial charge in [0, 0.05) is 26.3 Å². The Balaban J connectivity index is 1.77. The summed E-state index contributed by atoms with van der Waals surface area (Å²) in [5.41, 5.74) is 0.651. The Kier molecular flexibility index (Phi) is 3.89. The van der Waals surface area contributed by atoms with Crippen molar-refractivity contribution in [2.75, 3.05) is 18.1 Å². The molecule has 1 aliphatic rings. The number of nitrogens with zero attached hydrogens (tertiary/aromatic N) is 2. The highest BCUT2D eigenvalue weighted by Gasteiger charge is 2.28. The molecule has 0 aromatic carbocycles. The first kappa shape index (κ1) is 12.0. The van der Waals surface area contributed by atoms with Gasteiger partial charge in [-0.25, -0.2) is 0 Å². The van der Waals surface area contributed by atoms with Crippen LogP contribution in [0, 0.1) is 0 Å². The molecule has 0 aliphatic carbocycles. The Morgan fingerprint density at radius 3 is 2.94 bits per heavy atom. The Hall–Kier alpha value is -0.520. The van der Waals surface area contributed by atoms with Crippen molar-refractivity contribution in [3.05, 3.63) is 18.0 Å². The summed E-state index contributed by atoms with van der Waals surface area (Å²) in [6.07, 6.45) is 3.59. The fourth-order valence-corrected chi connectivity index (χ4v) is 3.18. The SMILES string of the molecule is Cn1nccc1CNCC1(O)CCSCC1. The van der Waals surface area contributed by atoms with Crippen LogP contribution in [0.5, 0.6) is 0 Å². The van der Waals surface area contributed by atoms with E-state index in [1.165, 1.54) is 0 Å². The van der Waals surface area contributed by atoms with E-state index in [2.05, 4.69) is 10.4 Å². The molecule has 0 unspecified atom stereocenters. The second-order valence-electron chi connectivity index (χ2n) is 4.39. The average Bonchev–Trinajstić information content (AvgIpc) is 2.65. The fourth-order valence-electron chi connectivity index (χ4n) is 1.93. The fraction of sp³-hybridized carbons (Fsp3) is 0.727. The highest BCUT2D eigenvalue weighted by Crippen LogP contribution is 2.26. The third-order valence-corrected chi connectivity index (χ3v) is 4.09. The number of aromatic nitrogens is 2. The zero-order valence-corrected chi connectivity index (χ0v) is 10.5. The van der Waals surface area contributed by atoms with Crippen LogP contribution in [0.1, 0.15) is 18.5 Å². The van der Waals surface area contributed by atoms with Crippen LogP contribution in [0.2, 0.25) is 0 Å². The normalized spacial score (nSPS) is 19.9. The van der Waals surface area contributed by atoms with Crippen molar-refractivity contribution in [3.63, 3.8) is 0 Å². The molecule has 0 saturated carbocycles. The Morgan fingerprint density at radius 2 is 2.31 bits per heavy atom. The zero-order valence-electron chi connectivity index (χ0n) is 9.65. The quantitative estimate of drug-likeness (QED) is 0.817. The first-order chi connectivity index (χ1) is 7.70. The van der Waals surface area contributed by atoms with Gasteiger partial charge in [0.1, 0.15) is 0 Å². The summed E-state index contributed by atoms with van der Waals surface area (Å²) in [6.45, 7) is 1.45. The molecule has 5 heteroatoms. The minimum atomic E-state index is -0.496. The van der Waals surface area contributed by atoms with Gasteiger partial charge in [0.25, 0.3) is 0 Å². The summed E-state index contributed by atoms with van der Waals surface area (Å²) in [7, 11) is 1.93. The number of thioether (sulfide) groups is 1. The largest absolute Gasteiger partial charge is 0.389 e. The lowest BCUT2D eigenvalue weighted by molar-refractivity contribution is 0.0319. The van der Waals surface area contributed by atoms with Crippen molar-refractivity contribution in [3.8, 4) is 0 Å². The molecular formula is C11H19N3OS. The lowest BCUT2D eigenvalue weighted by Gasteiger charge is -2.31. The van der Waals surface area contributed by atoms with Gasteiger partial charge < -0.3 is 10.4 Å². The summed E-state index contributed by atoms with van der Waals surface area (Å²) < 4.78 is 1.85. The van der Waals surface area contributed by atoms with Crippen molar-refractivity contribution in [2.24, 2.45) is 7.05 Å². The van der Waals surface area contributed by atoms with E-state index in [9.17, 15) is 5.11 Å². The van der Waals surface area contributed by atoms with Gasteiger partial charge in [0.15, 0.2) is 0 Å². The lowest BCUT2D eigenvalue weighted by Crippen LogP contribution is -2.43. The number of aliphatic hydroxyl groups is 1. The molecule has 4 nitrogen and oxygen atoms in total. The number of hydrogen-bond donors (Lipinski definition) is 2. The van der Waals surface area contributed by atoms with Crippen LogP contribution < -0.4 is 5.32 Å². The molecule has 1 fully saturated rings. The van der Waals surface area contributed by atoms with Crippen LogP contribution >= 0.6 is 11.8 Å². The van der Waals surface area contributed by atoms with Crippen LogP contribution in [0.15, 0.2) is 12.3 Å². The predicted octanol–water partition coefficient (Wildman–Crippen LogP) is 0.768. The third kappa shape index (κ3) is 2.99. The molecule has 2 rings (SSSR count). The van der Waals surface area contributed by atoms with Gasteiger partial charge in [-0.2, -0.15) is 16.9 Å². The molecule has 16 heavy (non-hydrogen) atoms. The minimum Gasteiger partial charge on any atom is -0.389 e. The van der Waals surface area contributed by atoms with Gasteiger partial charge in [-0.1, -0.05) is 0 Å². The highest BCUT2D eigenvalue weighted by molar-refractivity contribution is 7.99. The van der Waals surface area contributed by atoms with Crippen molar-refractivity contribution < 1.29 is 5.11 Å². The van der Waals surface area contributed by atoms with Crippen molar-refractivity contribution in [2.45, 2.75) is 25.0 Å². The molecule has 1 aromatic heterocycles. The lowest BCUT2D eigenvalue weighted by atomic mass is 9.97. The number of aryl methyl sites for hydroxylation is 1. The van der Waals surface area contributed by atoms with Gasteiger partial charge >= 0.3 is 0 Å². The van der Waals surface area contributed by atoms with E-state index < -0.39 is 5.60 Å². The molecule has 1 aliphatic heterocycles. The summed E-state index contributed by atoms with van der Waals surface area (Å²) in [5, 5.41) is 17.7. The summed E-state index contributed by atoms with van der Waals surface area (Å²) in [5.74, 6) is 2.15.